The summed E-state index contributed by atoms with van der Waals surface area (Å²) in [5, 5.41) is 9.52. The van der Waals surface area contributed by atoms with Gasteiger partial charge >= 0.3 is 5.97 Å². The zero-order valence-electron chi connectivity index (χ0n) is 11.7. The van der Waals surface area contributed by atoms with Crippen molar-refractivity contribution in [3.8, 4) is 0 Å². The van der Waals surface area contributed by atoms with Crippen molar-refractivity contribution in [3.05, 3.63) is 34.3 Å². The van der Waals surface area contributed by atoms with Gasteiger partial charge in [0.2, 0.25) is 5.91 Å². The molecule has 0 spiro atoms. The predicted octanol–water partition coefficient (Wildman–Crippen LogP) is 2.27. The Morgan fingerprint density at radius 3 is 2.52 bits per heavy atom. The SMILES string of the molecule is NC(=O)c1ccc(CN(CC(=O)O)C2CCCC2)c(Cl)c1. The second kappa shape index (κ2) is 6.91. The van der Waals surface area contributed by atoms with Gasteiger partial charge in [-0.1, -0.05) is 30.5 Å². The first-order valence-corrected chi connectivity index (χ1v) is 7.39. The summed E-state index contributed by atoms with van der Waals surface area (Å²) in [5.74, 6) is -1.37. The molecule has 0 aliphatic heterocycles. The highest BCUT2D eigenvalue weighted by Gasteiger charge is 2.25. The lowest BCUT2D eigenvalue weighted by Gasteiger charge is -2.27. The van der Waals surface area contributed by atoms with Gasteiger partial charge in [0, 0.05) is 23.2 Å². The second-order valence-corrected chi connectivity index (χ2v) is 5.81. The van der Waals surface area contributed by atoms with E-state index in [1.54, 1.807) is 12.1 Å². The van der Waals surface area contributed by atoms with E-state index in [-0.39, 0.29) is 12.6 Å². The number of carbonyl (C=O) groups excluding carboxylic acids is 1. The molecule has 1 aliphatic rings. The van der Waals surface area contributed by atoms with Crippen molar-refractivity contribution in [2.24, 2.45) is 5.73 Å². The van der Waals surface area contributed by atoms with E-state index < -0.39 is 11.9 Å². The molecule has 1 aromatic carbocycles. The minimum Gasteiger partial charge on any atom is -0.480 e. The topological polar surface area (TPSA) is 83.6 Å². The number of nitrogens with zero attached hydrogens (tertiary/aromatic N) is 1. The van der Waals surface area contributed by atoms with Gasteiger partial charge in [0.1, 0.15) is 0 Å². The van der Waals surface area contributed by atoms with Crippen LogP contribution in [0.4, 0.5) is 0 Å². The molecule has 1 aromatic rings. The Balaban J connectivity index is 2.15. The second-order valence-electron chi connectivity index (χ2n) is 5.41. The van der Waals surface area contributed by atoms with Gasteiger partial charge in [0.15, 0.2) is 0 Å². The Kier molecular flexibility index (Phi) is 5.20. The number of carboxylic acid groups (broad SMARTS) is 1. The molecule has 0 heterocycles. The van der Waals surface area contributed by atoms with Crippen LogP contribution >= 0.6 is 11.6 Å². The molecule has 0 saturated heterocycles. The number of hydrogen-bond donors (Lipinski definition) is 2. The van der Waals surface area contributed by atoms with E-state index >= 15 is 0 Å². The van der Waals surface area contributed by atoms with Crippen LogP contribution in [-0.4, -0.2) is 34.5 Å². The van der Waals surface area contributed by atoms with Crippen LogP contribution in [0.2, 0.25) is 5.02 Å². The number of hydrogen-bond acceptors (Lipinski definition) is 3. The Hall–Kier alpha value is -1.59. The highest BCUT2D eigenvalue weighted by atomic mass is 35.5. The van der Waals surface area contributed by atoms with Crippen molar-refractivity contribution in [1.82, 2.24) is 4.90 Å². The monoisotopic (exact) mass is 310 g/mol. The Morgan fingerprint density at radius 2 is 2.00 bits per heavy atom. The van der Waals surface area contributed by atoms with Crippen molar-refractivity contribution in [3.63, 3.8) is 0 Å². The molecule has 1 aliphatic carbocycles. The highest BCUT2D eigenvalue weighted by molar-refractivity contribution is 6.31. The van der Waals surface area contributed by atoms with Gasteiger partial charge in [0.25, 0.3) is 0 Å². The van der Waals surface area contributed by atoms with Crippen molar-refractivity contribution in [2.75, 3.05) is 6.54 Å². The Morgan fingerprint density at radius 1 is 1.33 bits per heavy atom. The lowest BCUT2D eigenvalue weighted by Crippen LogP contribution is -2.37. The number of primary amides is 1. The lowest BCUT2D eigenvalue weighted by molar-refractivity contribution is -0.139. The number of halogens is 1. The largest absolute Gasteiger partial charge is 0.480 e. The van der Waals surface area contributed by atoms with E-state index in [1.807, 2.05) is 4.90 Å². The molecule has 0 radical (unpaired) electrons. The van der Waals surface area contributed by atoms with Crippen LogP contribution in [0.5, 0.6) is 0 Å². The number of aliphatic carboxylic acids is 1. The van der Waals surface area contributed by atoms with Gasteiger partial charge in [-0.05, 0) is 30.5 Å². The summed E-state index contributed by atoms with van der Waals surface area (Å²) in [6, 6.07) is 5.18. The zero-order chi connectivity index (χ0) is 15.4. The normalized spacial score (nSPS) is 15.5. The quantitative estimate of drug-likeness (QED) is 0.844. The molecule has 0 aromatic heterocycles. The minimum atomic E-state index is -0.841. The van der Waals surface area contributed by atoms with E-state index in [0.717, 1.165) is 31.2 Å². The summed E-state index contributed by atoms with van der Waals surface area (Å²) >= 11 is 6.18. The van der Waals surface area contributed by atoms with Gasteiger partial charge in [-0.2, -0.15) is 0 Å². The van der Waals surface area contributed by atoms with E-state index in [0.29, 0.717) is 17.1 Å². The third-order valence-corrected chi connectivity index (χ3v) is 4.24. The van der Waals surface area contributed by atoms with Gasteiger partial charge < -0.3 is 10.8 Å². The summed E-state index contributed by atoms with van der Waals surface area (Å²) < 4.78 is 0. The number of amides is 1. The first kappa shape index (κ1) is 15.8. The van der Waals surface area contributed by atoms with Gasteiger partial charge in [-0.25, -0.2) is 0 Å². The molecule has 5 nitrogen and oxygen atoms in total. The summed E-state index contributed by atoms with van der Waals surface area (Å²) in [4.78, 5) is 24.1. The van der Waals surface area contributed by atoms with Crippen LogP contribution in [0, 0.1) is 0 Å². The Labute approximate surface area is 128 Å². The fraction of sp³-hybridized carbons (Fsp3) is 0.467. The van der Waals surface area contributed by atoms with E-state index in [1.165, 1.54) is 6.07 Å². The van der Waals surface area contributed by atoms with Crippen molar-refractivity contribution < 1.29 is 14.7 Å². The summed E-state index contributed by atoms with van der Waals surface area (Å²) in [6.07, 6.45) is 4.30. The lowest BCUT2D eigenvalue weighted by atomic mass is 10.1. The first-order chi connectivity index (χ1) is 9.97. The number of rotatable bonds is 6. The maximum Gasteiger partial charge on any atom is 0.317 e. The molecule has 1 saturated carbocycles. The van der Waals surface area contributed by atoms with Gasteiger partial charge in [0.05, 0.1) is 6.54 Å². The van der Waals surface area contributed by atoms with Crippen LogP contribution in [-0.2, 0) is 11.3 Å². The molecule has 0 unspecified atom stereocenters. The molecule has 1 amide bonds. The predicted molar refractivity (Wildman–Crippen MR) is 80.3 cm³/mol. The molecular formula is C15H19ClN2O3. The fourth-order valence-corrected chi connectivity index (χ4v) is 3.05. The van der Waals surface area contributed by atoms with E-state index in [2.05, 4.69) is 0 Å². The zero-order valence-corrected chi connectivity index (χ0v) is 12.5. The van der Waals surface area contributed by atoms with Crippen molar-refractivity contribution in [2.45, 2.75) is 38.3 Å². The molecule has 0 bridgehead atoms. The van der Waals surface area contributed by atoms with Crippen LogP contribution < -0.4 is 5.73 Å². The van der Waals surface area contributed by atoms with Gasteiger partial charge in [-0.15, -0.1) is 0 Å². The molecular weight excluding hydrogens is 292 g/mol. The molecule has 21 heavy (non-hydrogen) atoms. The van der Waals surface area contributed by atoms with Crippen LogP contribution in [0.3, 0.4) is 0 Å². The third kappa shape index (κ3) is 4.19. The molecule has 3 N–H and O–H groups in total. The van der Waals surface area contributed by atoms with Crippen molar-refractivity contribution in [1.29, 1.82) is 0 Å². The van der Waals surface area contributed by atoms with Crippen molar-refractivity contribution >= 4 is 23.5 Å². The average molecular weight is 311 g/mol. The number of benzene rings is 1. The maximum absolute atomic E-state index is 11.1. The average Bonchev–Trinajstić information content (AvgIpc) is 2.93. The number of carbonyl (C=O) groups is 2. The molecule has 2 rings (SSSR count). The highest BCUT2D eigenvalue weighted by Crippen LogP contribution is 2.27. The Bertz CT molecular complexity index is 542. The summed E-state index contributed by atoms with van der Waals surface area (Å²) in [6.45, 7) is 0.466. The number of nitrogens with two attached hydrogens (primary N) is 1. The smallest absolute Gasteiger partial charge is 0.317 e. The molecule has 114 valence electrons. The van der Waals surface area contributed by atoms with E-state index in [4.69, 9.17) is 22.4 Å². The standard InChI is InChI=1S/C15H19ClN2O3/c16-13-7-10(15(17)21)5-6-11(13)8-18(9-14(19)20)12-3-1-2-4-12/h5-7,12H,1-4,8-9H2,(H2,17,21)(H,19,20). The number of carboxylic acids is 1. The first-order valence-electron chi connectivity index (χ1n) is 7.01. The summed E-state index contributed by atoms with van der Waals surface area (Å²) in [5.41, 5.74) is 6.38. The molecule has 1 fully saturated rings. The maximum atomic E-state index is 11.1. The van der Waals surface area contributed by atoms with Crippen LogP contribution in [0.25, 0.3) is 0 Å². The molecule has 6 heteroatoms. The summed E-state index contributed by atoms with van der Waals surface area (Å²) in [7, 11) is 0. The molecule has 0 atom stereocenters. The van der Waals surface area contributed by atoms with Gasteiger partial charge in [-0.3, -0.25) is 14.5 Å². The third-order valence-electron chi connectivity index (χ3n) is 3.89. The van der Waals surface area contributed by atoms with Crippen LogP contribution in [0.15, 0.2) is 18.2 Å². The van der Waals surface area contributed by atoms with E-state index in [9.17, 15) is 9.59 Å². The fourth-order valence-electron chi connectivity index (χ4n) is 2.80. The van der Waals surface area contributed by atoms with Crippen LogP contribution in [0.1, 0.15) is 41.6 Å². The minimum absolute atomic E-state index is 0.00142.